The summed E-state index contributed by atoms with van der Waals surface area (Å²) in [6.07, 6.45) is -13.4. The van der Waals surface area contributed by atoms with E-state index in [2.05, 4.69) is 31.9 Å². The summed E-state index contributed by atoms with van der Waals surface area (Å²) >= 11 is 11.2. The van der Waals surface area contributed by atoms with E-state index in [1.54, 1.807) is 24.3 Å². The van der Waals surface area contributed by atoms with E-state index in [-0.39, 0.29) is 73.3 Å². The molecule has 0 bridgehead atoms. The molecule has 5 heterocycles. The maximum Gasteiger partial charge on any atom is 0.0967 e. The second-order valence-electron chi connectivity index (χ2n) is 20.5. The average molecular weight is 1730 g/mol. The first-order valence-corrected chi connectivity index (χ1v) is 36.7. The summed E-state index contributed by atoms with van der Waals surface area (Å²) < 4.78 is 93.1. The van der Waals surface area contributed by atoms with Crippen LogP contribution in [0.15, 0.2) is 88.0 Å². The minimum atomic E-state index is -5.01. The Morgan fingerprint density at radius 2 is 0.873 bits per heavy atom. The van der Waals surface area contributed by atoms with E-state index >= 15 is 0 Å². The number of esters is 8. The number of benzene rings is 3. The van der Waals surface area contributed by atoms with Gasteiger partial charge >= 0.3 is 171 Å². The number of fused-ring (bicyclic) bond motifs is 3. The van der Waals surface area contributed by atoms with Crippen LogP contribution in [0.25, 0.3) is 21.9 Å². The van der Waals surface area contributed by atoms with Crippen molar-refractivity contribution in [2.45, 2.75) is 167 Å². The molecule has 2 saturated heterocycles. The number of aliphatic hydroxyl groups excluding tert-OH is 1. The van der Waals surface area contributed by atoms with Gasteiger partial charge in [0, 0.05) is 96.0 Å². The number of ether oxygens (including phenoxy) is 12. The number of carbonyl (C=O) groups is 12. The van der Waals surface area contributed by atoms with Crippen LogP contribution in [0, 0.1) is 3.57 Å². The van der Waals surface area contributed by atoms with E-state index in [1.807, 2.05) is 0 Å². The molecule has 0 amide bonds. The number of aliphatic hydroxyl groups is 1. The Labute approximate surface area is 613 Å². The van der Waals surface area contributed by atoms with Gasteiger partial charge in [0.15, 0.2) is 30.7 Å². The molecule has 0 unspecified atom stereocenters. The smallest absolute Gasteiger partial charge is 0.0967 e. The average Bonchev–Trinajstić information content (AvgIpc) is 1.54. The predicted molar refractivity (Wildman–Crippen MR) is 374 cm³/mol. The fourth-order valence-electron chi connectivity index (χ4n) is 9.51. The molecule has 10 atom stereocenters. The summed E-state index contributed by atoms with van der Waals surface area (Å²) in [4.78, 5) is 166. The first kappa shape index (κ1) is 91.7. The Balaban J connectivity index is 0.000000771. The summed E-state index contributed by atoms with van der Waals surface area (Å²) in [7, 11) is 0. The molecule has 3 aliphatic heterocycles. The van der Waals surface area contributed by atoms with E-state index < -0.39 is 176 Å². The third-order valence-corrected chi connectivity index (χ3v) is 22.2. The molecule has 32 nitrogen and oxygen atoms in total. The van der Waals surface area contributed by atoms with Crippen LogP contribution in [0.4, 0.5) is 0 Å². The Morgan fingerprint density at radius 1 is 0.510 bits per heavy atom. The number of hydrogen-bond donors (Lipinski definition) is 1. The van der Waals surface area contributed by atoms with E-state index in [4.69, 9.17) is 98.1 Å². The van der Waals surface area contributed by atoms with Crippen molar-refractivity contribution in [3.63, 3.8) is 0 Å². The topological polar surface area (TPSA) is 424 Å². The molecular formula is C65H79Br2Cl2IO32. The van der Waals surface area contributed by atoms with Gasteiger partial charge in [0.1, 0.15) is 48.1 Å². The van der Waals surface area contributed by atoms with Crippen LogP contribution in [0.1, 0.15) is 125 Å². The summed E-state index contributed by atoms with van der Waals surface area (Å²) in [5, 5.41) is 10.5. The van der Waals surface area contributed by atoms with Crippen LogP contribution < -0.4 is 20.7 Å². The van der Waals surface area contributed by atoms with Crippen molar-refractivity contribution in [3.05, 3.63) is 111 Å². The van der Waals surface area contributed by atoms with Gasteiger partial charge < -0.3 is 70.8 Å². The van der Waals surface area contributed by atoms with Crippen LogP contribution >= 0.6 is 73.4 Å². The van der Waals surface area contributed by atoms with Gasteiger partial charge in [0.05, 0.1) is 20.9 Å². The largest absolute Gasteiger partial charge is 0.109 e. The van der Waals surface area contributed by atoms with Gasteiger partial charge in [-0.25, -0.2) is 9.59 Å². The van der Waals surface area contributed by atoms with E-state index in [0.29, 0.717) is 30.7 Å². The van der Waals surface area contributed by atoms with Crippen LogP contribution in [0.2, 0.25) is 0 Å². The summed E-state index contributed by atoms with van der Waals surface area (Å²) in [5.74, 6) is -7.96. The van der Waals surface area contributed by atoms with Crippen molar-refractivity contribution >= 4 is 167 Å². The third kappa shape index (κ3) is 24.7. The van der Waals surface area contributed by atoms with Crippen LogP contribution in [-0.4, -0.2) is 162 Å². The Hall–Kier alpha value is -8.33. The van der Waals surface area contributed by atoms with Crippen molar-refractivity contribution in [2.75, 3.05) is 23.5 Å². The Kier molecular flexibility index (Phi) is 36.4. The Morgan fingerprint density at radius 3 is 1.25 bits per heavy atom. The first-order valence-electron chi connectivity index (χ1n) is 28.2. The predicted octanol–water partition coefficient (Wildman–Crippen LogP) is 9.41. The zero-order valence-corrected chi connectivity index (χ0v) is 60.3. The van der Waals surface area contributed by atoms with Crippen molar-refractivity contribution in [1.82, 2.24) is 0 Å². The van der Waals surface area contributed by atoms with Crippen molar-refractivity contribution in [3.8, 4) is 11.5 Å². The number of halogens is 5. The van der Waals surface area contributed by atoms with E-state index in [9.17, 15) is 72.2 Å². The van der Waals surface area contributed by atoms with Gasteiger partial charge in [0.25, 0.3) is 0 Å². The molecule has 2 aromatic heterocycles. The Bertz CT molecular complexity index is 3980. The molecule has 0 radical (unpaired) electrons. The van der Waals surface area contributed by atoms with Gasteiger partial charge in [-0.1, -0.05) is 29.7 Å². The van der Waals surface area contributed by atoms with Crippen molar-refractivity contribution in [2.24, 2.45) is 0 Å². The minimum absolute atomic E-state index is 0. The van der Waals surface area contributed by atoms with Crippen molar-refractivity contribution in [1.29, 1.82) is 0 Å². The van der Waals surface area contributed by atoms with Crippen LogP contribution in [0.3, 0.4) is 0 Å². The summed E-state index contributed by atoms with van der Waals surface area (Å²) in [6.45, 7) is 9.97. The van der Waals surface area contributed by atoms with Gasteiger partial charge in [0.2, 0.25) is 24.8 Å². The summed E-state index contributed by atoms with van der Waals surface area (Å²) in [6, 6.07) is 14.3. The molecule has 0 spiro atoms. The second kappa shape index (κ2) is 40.5. The van der Waals surface area contributed by atoms with E-state index in [1.165, 1.54) is 43.0 Å². The monoisotopic (exact) mass is 1730 g/mol. The standard InChI is InChI=1S/C24H25BrO13.C24H23BrO13.C12H13IO6.CH2Cl2.4CH4/c2*1-10(27)32-9-19-21(33-11(2)28)22(34-12(3)29)23(35-13(4)30)24(38-19)37-18-7-17-15(6-16(18)25)14(8-26)5-20(31)36-17;1-8(14)17-13(3,18-9(2)15)11-7-5-4-6-10(11)12(16)19-13;2-1-3;;;;/h5-7,19,21-24,26H,8-9H2,1-4H3;5-8,19,21-24H,9H2,1-4H3;4-7H,1-3H3;1H2;4*1H4/t2*19-,21+,22+,23-,24-;;;;;;/m11....../s1. The maximum atomic E-state index is 12.0. The molecule has 566 valence electrons. The molecule has 102 heavy (non-hydrogen) atoms. The number of hydrogen-bond acceptors (Lipinski definition) is 32. The molecule has 1 N–H and O–H groups in total. The number of rotatable bonds is 18. The molecule has 0 aliphatic carbocycles. The molecule has 8 rings (SSSR count). The van der Waals surface area contributed by atoms with Gasteiger partial charge in [-0.3, -0.25) is 43.2 Å². The molecular weight excluding hydrogens is 1650 g/mol. The molecule has 2 fully saturated rings. The SMILES string of the molecule is C.C.C.C.CC(=O)OC[C@H]1O[C@@H](Oc2cc3oc(=O)cc(C=O)c3cc2Br)[C@H](OC(C)=O)[C@@H](OC(C)=O)[C@H]1OC(C)=O.CC(=O)OC[C@H]1O[C@@H](Oc2cc3oc(=O)cc(CO)c3cc2Br)[C@H](OC(C)=O)[C@@H](OC(C)=O)[C@H]1OC(C)=O.CC(=O)OI1(C)(OC(C)=O)OC(=O)c2ccccc21.ClCCl. The summed E-state index contributed by atoms with van der Waals surface area (Å²) in [5.41, 5.74) is -0.746. The molecule has 3 aromatic carbocycles. The maximum absolute atomic E-state index is 12.0. The van der Waals surface area contributed by atoms with Crippen molar-refractivity contribution < 1.29 is 138 Å². The zero-order valence-electron chi connectivity index (χ0n) is 53.4. The fraction of sp³-hybridized carbons (Fsp3) is 0.446. The quantitative estimate of drug-likeness (QED) is 0.0213. The van der Waals surface area contributed by atoms with Crippen LogP contribution in [0.5, 0.6) is 11.5 Å². The van der Waals surface area contributed by atoms with Gasteiger partial charge in [-0.2, -0.15) is 0 Å². The third-order valence-electron chi connectivity index (χ3n) is 12.8. The molecule has 37 heteroatoms. The molecule has 5 aromatic rings. The zero-order chi connectivity index (χ0) is 73.3. The minimum Gasteiger partial charge on any atom is -0.109 e. The number of aldehydes is 1. The molecule has 0 saturated carbocycles. The molecule has 3 aliphatic rings. The van der Waals surface area contributed by atoms with Gasteiger partial charge in [-0.15, -0.1) is 23.2 Å². The number of alkyl halides is 3. The van der Waals surface area contributed by atoms with Crippen LogP contribution in [-0.2, 0) is 111 Å². The normalized spacial score (nSPS) is 20.9. The fourth-order valence-corrected chi connectivity index (χ4v) is 18.1. The second-order valence-corrected chi connectivity index (χ2v) is 31.6. The first-order chi connectivity index (χ1) is 45.9. The number of carbonyl (C=O) groups excluding carboxylic acids is 12. The van der Waals surface area contributed by atoms with Gasteiger partial charge in [-0.05, 0) is 49.6 Å². The van der Waals surface area contributed by atoms with E-state index in [0.717, 1.165) is 67.5 Å².